The first-order valence-electron chi connectivity index (χ1n) is 7.82. The minimum Gasteiger partial charge on any atom is -0.378 e. The van der Waals surface area contributed by atoms with E-state index >= 15 is 0 Å². The zero-order valence-electron chi connectivity index (χ0n) is 12.0. The van der Waals surface area contributed by atoms with Gasteiger partial charge in [0.25, 0.3) is 0 Å². The molecule has 17 heavy (non-hydrogen) atoms. The number of hydrogen-bond donors (Lipinski definition) is 0. The van der Waals surface area contributed by atoms with Gasteiger partial charge in [0, 0.05) is 6.61 Å². The highest BCUT2D eigenvalue weighted by Gasteiger charge is 2.34. The second-order valence-electron chi connectivity index (χ2n) is 6.55. The Balaban J connectivity index is 1.82. The second-order valence-corrected chi connectivity index (χ2v) is 6.55. The van der Waals surface area contributed by atoms with Crippen molar-refractivity contribution in [3.63, 3.8) is 0 Å². The molecule has 3 unspecified atom stereocenters. The summed E-state index contributed by atoms with van der Waals surface area (Å²) in [6, 6.07) is 0. The van der Waals surface area contributed by atoms with Crippen LogP contribution in [0.5, 0.6) is 0 Å². The van der Waals surface area contributed by atoms with Crippen LogP contribution < -0.4 is 0 Å². The molecule has 2 aliphatic rings. The molecular weight excluding hydrogens is 208 g/mol. The van der Waals surface area contributed by atoms with Crippen molar-refractivity contribution in [2.75, 3.05) is 6.61 Å². The van der Waals surface area contributed by atoms with Gasteiger partial charge in [0.2, 0.25) is 0 Å². The Morgan fingerprint density at radius 3 is 2.24 bits per heavy atom. The molecule has 0 N–H and O–H groups in total. The van der Waals surface area contributed by atoms with Crippen LogP contribution in [0, 0.1) is 23.7 Å². The topological polar surface area (TPSA) is 9.23 Å². The largest absolute Gasteiger partial charge is 0.378 e. The molecule has 0 amide bonds. The van der Waals surface area contributed by atoms with E-state index in [0.717, 1.165) is 30.3 Å². The van der Waals surface area contributed by atoms with Crippen LogP contribution in [0.15, 0.2) is 0 Å². The van der Waals surface area contributed by atoms with Crippen LogP contribution in [0.4, 0.5) is 0 Å². The van der Waals surface area contributed by atoms with Crippen molar-refractivity contribution in [1.82, 2.24) is 0 Å². The van der Waals surface area contributed by atoms with Crippen LogP contribution in [-0.4, -0.2) is 12.7 Å². The minimum atomic E-state index is 0.564. The summed E-state index contributed by atoms with van der Waals surface area (Å²) in [6.45, 7) is 7.90. The van der Waals surface area contributed by atoms with Crippen LogP contribution in [0.1, 0.15) is 65.7 Å². The van der Waals surface area contributed by atoms with Crippen LogP contribution in [0.3, 0.4) is 0 Å². The summed E-state index contributed by atoms with van der Waals surface area (Å²) < 4.78 is 5.81. The average molecular weight is 238 g/mol. The molecule has 0 aliphatic heterocycles. The van der Waals surface area contributed by atoms with Gasteiger partial charge >= 0.3 is 0 Å². The van der Waals surface area contributed by atoms with E-state index in [-0.39, 0.29) is 0 Å². The van der Waals surface area contributed by atoms with Gasteiger partial charge in [0.05, 0.1) is 6.10 Å². The van der Waals surface area contributed by atoms with Gasteiger partial charge in [-0.1, -0.05) is 26.7 Å². The lowest BCUT2D eigenvalue weighted by atomic mass is 9.67. The standard InChI is InChI=1S/C16H30O/c1-4-17-15-9-10-16(13(3)11-15)14-7-5-12(2)6-8-14/h12-16H,4-11H2,1-3H3. The molecule has 2 aliphatic carbocycles. The molecule has 2 fully saturated rings. The molecule has 3 atom stereocenters. The SMILES string of the molecule is CCOC1CCC(C2CCC(C)CC2)C(C)C1. The summed E-state index contributed by atoms with van der Waals surface area (Å²) in [4.78, 5) is 0. The number of ether oxygens (including phenoxy) is 1. The maximum atomic E-state index is 5.81. The molecule has 0 saturated heterocycles. The van der Waals surface area contributed by atoms with Gasteiger partial charge in [-0.15, -0.1) is 0 Å². The maximum Gasteiger partial charge on any atom is 0.0577 e. The molecular formula is C16H30O. The Morgan fingerprint density at radius 1 is 0.941 bits per heavy atom. The second kappa shape index (κ2) is 6.22. The fraction of sp³-hybridized carbons (Fsp3) is 1.00. The lowest BCUT2D eigenvalue weighted by Crippen LogP contribution is -2.34. The Labute approximate surface area is 107 Å². The number of hydrogen-bond acceptors (Lipinski definition) is 1. The predicted octanol–water partition coefficient (Wildman–Crippen LogP) is 4.65. The first kappa shape index (κ1) is 13.4. The van der Waals surface area contributed by atoms with Crippen molar-refractivity contribution in [2.24, 2.45) is 23.7 Å². The zero-order chi connectivity index (χ0) is 12.3. The molecule has 2 saturated carbocycles. The molecule has 0 aromatic rings. The molecule has 0 heterocycles. The molecule has 0 bridgehead atoms. The van der Waals surface area contributed by atoms with Crippen LogP contribution in [0.25, 0.3) is 0 Å². The molecule has 1 nitrogen and oxygen atoms in total. The molecule has 0 aromatic carbocycles. The van der Waals surface area contributed by atoms with Crippen molar-refractivity contribution in [3.8, 4) is 0 Å². The predicted molar refractivity (Wildman–Crippen MR) is 73.0 cm³/mol. The zero-order valence-corrected chi connectivity index (χ0v) is 12.0. The fourth-order valence-electron chi connectivity index (χ4n) is 4.17. The Kier molecular flexibility index (Phi) is 4.90. The first-order valence-corrected chi connectivity index (χ1v) is 7.82. The monoisotopic (exact) mass is 238 g/mol. The third-order valence-electron chi connectivity index (χ3n) is 5.26. The Morgan fingerprint density at radius 2 is 1.65 bits per heavy atom. The van der Waals surface area contributed by atoms with Crippen LogP contribution >= 0.6 is 0 Å². The maximum absolute atomic E-state index is 5.81. The van der Waals surface area contributed by atoms with E-state index in [1.165, 1.54) is 44.9 Å². The van der Waals surface area contributed by atoms with Crippen molar-refractivity contribution < 1.29 is 4.74 Å². The quantitative estimate of drug-likeness (QED) is 0.695. The van der Waals surface area contributed by atoms with E-state index < -0.39 is 0 Å². The van der Waals surface area contributed by atoms with E-state index in [1.54, 1.807) is 0 Å². The minimum absolute atomic E-state index is 0.564. The third kappa shape index (κ3) is 3.47. The fourth-order valence-corrected chi connectivity index (χ4v) is 4.17. The summed E-state index contributed by atoms with van der Waals surface area (Å²) >= 11 is 0. The van der Waals surface area contributed by atoms with Gasteiger partial charge in [-0.2, -0.15) is 0 Å². The highest BCUT2D eigenvalue weighted by molar-refractivity contribution is 4.85. The first-order chi connectivity index (χ1) is 8.20. The van der Waals surface area contributed by atoms with Crippen LogP contribution in [-0.2, 0) is 4.74 Å². The van der Waals surface area contributed by atoms with Gasteiger partial charge in [0.15, 0.2) is 0 Å². The molecule has 0 aromatic heterocycles. The van der Waals surface area contributed by atoms with E-state index in [4.69, 9.17) is 4.74 Å². The van der Waals surface area contributed by atoms with E-state index in [1.807, 2.05) is 0 Å². The summed E-state index contributed by atoms with van der Waals surface area (Å²) in [5, 5.41) is 0. The normalized spacial score (nSPS) is 43.6. The summed E-state index contributed by atoms with van der Waals surface area (Å²) in [6.07, 6.45) is 10.6. The lowest BCUT2D eigenvalue weighted by molar-refractivity contribution is -0.00972. The van der Waals surface area contributed by atoms with E-state index in [0.29, 0.717) is 6.10 Å². The van der Waals surface area contributed by atoms with Gasteiger partial charge in [0.1, 0.15) is 0 Å². The van der Waals surface area contributed by atoms with Gasteiger partial charge in [-0.3, -0.25) is 0 Å². The highest BCUT2D eigenvalue weighted by Crippen LogP contribution is 2.43. The molecule has 0 radical (unpaired) electrons. The lowest BCUT2D eigenvalue weighted by Gasteiger charge is -2.41. The average Bonchev–Trinajstić information content (AvgIpc) is 2.31. The molecule has 0 spiro atoms. The Bertz CT molecular complexity index is 218. The smallest absolute Gasteiger partial charge is 0.0577 e. The van der Waals surface area contributed by atoms with Crippen LogP contribution in [0.2, 0.25) is 0 Å². The highest BCUT2D eigenvalue weighted by atomic mass is 16.5. The van der Waals surface area contributed by atoms with Crippen molar-refractivity contribution in [3.05, 3.63) is 0 Å². The van der Waals surface area contributed by atoms with E-state index in [9.17, 15) is 0 Å². The Hall–Kier alpha value is -0.0400. The summed E-state index contributed by atoms with van der Waals surface area (Å²) in [5.74, 6) is 3.91. The third-order valence-corrected chi connectivity index (χ3v) is 5.26. The summed E-state index contributed by atoms with van der Waals surface area (Å²) in [5.41, 5.74) is 0. The summed E-state index contributed by atoms with van der Waals surface area (Å²) in [7, 11) is 0. The van der Waals surface area contributed by atoms with E-state index in [2.05, 4.69) is 20.8 Å². The van der Waals surface area contributed by atoms with Crippen molar-refractivity contribution >= 4 is 0 Å². The van der Waals surface area contributed by atoms with Crippen molar-refractivity contribution in [1.29, 1.82) is 0 Å². The number of rotatable bonds is 3. The molecule has 1 heteroatoms. The van der Waals surface area contributed by atoms with Gasteiger partial charge < -0.3 is 4.74 Å². The molecule has 2 rings (SSSR count). The van der Waals surface area contributed by atoms with Gasteiger partial charge in [-0.25, -0.2) is 0 Å². The van der Waals surface area contributed by atoms with Gasteiger partial charge in [-0.05, 0) is 62.7 Å². The van der Waals surface area contributed by atoms with Crippen molar-refractivity contribution in [2.45, 2.75) is 71.8 Å². The molecule has 100 valence electrons.